The lowest BCUT2D eigenvalue weighted by molar-refractivity contribution is -0.163. The number of aliphatic hydroxyl groups excluding tert-OH is 2. The maximum Gasteiger partial charge on any atom is 0.321 e. The van der Waals surface area contributed by atoms with Crippen LogP contribution in [0.2, 0.25) is 0 Å². The van der Waals surface area contributed by atoms with Crippen molar-refractivity contribution in [3.05, 3.63) is 173 Å². The van der Waals surface area contributed by atoms with Crippen LogP contribution in [-0.4, -0.2) is 48.9 Å². The number of anilines is 1. The molecule has 0 bridgehead atoms. The van der Waals surface area contributed by atoms with Crippen molar-refractivity contribution in [3.8, 4) is 23.7 Å². The van der Waals surface area contributed by atoms with Gasteiger partial charge in [0.1, 0.15) is 37.4 Å². The summed E-state index contributed by atoms with van der Waals surface area (Å²) in [6.45, 7) is 0.581. The minimum Gasteiger partial charge on any atom is -0.508 e. The van der Waals surface area contributed by atoms with Crippen LogP contribution in [0.25, 0.3) is 0 Å². The summed E-state index contributed by atoms with van der Waals surface area (Å²) < 4.78 is 26.3. The van der Waals surface area contributed by atoms with Crippen LogP contribution >= 0.6 is 0 Å². The van der Waals surface area contributed by atoms with Gasteiger partial charge in [-0.25, -0.2) is 9.37 Å². The summed E-state index contributed by atoms with van der Waals surface area (Å²) in [5.41, 5.74) is 4.03. The minimum absolute atomic E-state index is 0.0147. The lowest BCUT2D eigenvalue weighted by Crippen LogP contribution is -2.62. The Kier molecular flexibility index (Phi) is 14.4. The number of hydrogen-bond acceptors (Lipinski definition) is 9. The van der Waals surface area contributed by atoms with Crippen LogP contribution in [0.1, 0.15) is 60.5 Å². The van der Waals surface area contributed by atoms with Gasteiger partial charge in [0.2, 0.25) is 5.91 Å². The number of hydrogen-bond donors (Lipinski definition) is 2. The van der Waals surface area contributed by atoms with E-state index in [1.54, 1.807) is 22.0 Å². The van der Waals surface area contributed by atoms with Gasteiger partial charge in [-0.05, 0) is 78.4 Å². The normalized spacial score (nSPS) is 17.3. The molecular formula is C50H45FN4O7. The van der Waals surface area contributed by atoms with Gasteiger partial charge in [-0.3, -0.25) is 19.1 Å². The van der Waals surface area contributed by atoms with E-state index in [1.165, 1.54) is 30.6 Å². The summed E-state index contributed by atoms with van der Waals surface area (Å²) >= 11 is 0. The SMILES string of the molecule is O=C(OCc1ccccc1)C(CC#CC1C=C(O)C([C@@H]2[C@@H](CC[C@H](O)c3ccc(F)cc3)C(=O)N2c2ccc(C#CCCn3cncn3)cc2)=CC1)C(=O)OCc1ccccc1. The van der Waals surface area contributed by atoms with Crippen molar-refractivity contribution in [1.82, 2.24) is 14.8 Å². The van der Waals surface area contributed by atoms with E-state index in [1.807, 2.05) is 91.0 Å². The van der Waals surface area contributed by atoms with Gasteiger partial charge in [0.05, 0.1) is 24.6 Å². The topological polar surface area (TPSA) is 144 Å². The second kappa shape index (κ2) is 20.8. The first-order valence-electron chi connectivity index (χ1n) is 20.4. The standard InChI is InChI=1S/C50H45FN4O7/c51-40-22-20-39(21-23-40)45(56)28-27-43-47(55(48(43)58)41-24-17-35(18-25-41)10-7-8-29-54-34-52-33-53-54)42-26-19-36(30-46(42)57)15-9-16-44(49(59)61-31-37-11-3-1-4-12-37)50(60)62-32-38-13-5-2-6-14-38/h1-6,11-14,17-18,20-26,30,33-34,36,43-45,47,56-57H,8,16,19,27-29,31-32H2/t36?,43-,45+,47-/m1/s1. The molecule has 1 amide bonds. The van der Waals surface area contributed by atoms with E-state index in [0.29, 0.717) is 42.6 Å². The highest BCUT2D eigenvalue weighted by Crippen LogP contribution is 2.43. The van der Waals surface area contributed by atoms with Crippen molar-refractivity contribution >= 4 is 23.5 Å². The number of esters is 2. The van der Waals surface area contributed by atoms with Gasteiger partial charge >= 0.3 is 11.9 Å². The summed E-state index contributed by atoms with van der Waals surface area (Å²) in [4.78, 5) is 46.0. The Morgan fingerprint density at radius 2 is 1.53 bits per heavy atom. The summed E-state index contributed by atoms with van der Waals surface area (Å²) in [5, 5.41) is 26.6. The minimum atomic E-state index is -1.29. The molecule has 2 N–H and O–H groups in total. The average Bonchev–Trinajstić information content (AvgIpc) is 3.82. The lowest BCUT2D eigenvalue weighted by Gasteiger charge is -2.49. The fourth-order valence-corrected chi connectivity index (χ4v) is 7.35. The molecule has 11 nitrogen and oxygen atoms in total. The fraction of sp³-hybridized carbons (Fsp3) is 0.260. The molecule has 2 heterocycles. The largest absolute Gasteiger partial charge is 0.508 e. The Labute approximate surface area is 359 Å². The number of allylic oxidation sites excluding steroid dienone is 2. The van der Waals surface area contributed by atoms with Gasteiger partial charge in [-0.2, -0.15) is 5.10 Å². The number of rotatable bonds is 15. The number of nitrogens with zero attached hydrogens (tertiary/aromatic N) is 4. The first-order valence-corrected chi connectivity index (χ1v) is 20.4. The monoisotopic (exact) mass is 832 g/mol. The van der Waals surface area contributed by atoms with Crippen molar-refractivity contribution in [2.24, 2.45) is 17.8 Å². The van der Waals surface area contributed by atoms with E-state index in [2.05, 4.69) is 33.8 Å². The van der Waals surface area contributed by atoms with Crippen LogP contribution in [0.15, 0.2) is 145 Å². The molecule has 0 saturated carbocycles. The highest BCUT2D eigenvalue weighted by atomic mass is 19.1. The van der Waals surface area contributed by atoms with Crippen LogP contribution in [0.4, 0.5) is 10.1 Å². The molecule has 1 saturated heterocycles. The van der Waals surface area contributed by atoms with Crippen molar-refractivity contribution < 1.29 is 38.5 Å². The van der Waals surface area contributed by atoms with E-state index < -0.39 is 47.7 Å². The van der Waals surface area contributed by atoms with Gasteiger partial charge < -0.3 is 24.6 Å². The smallest absolute Gasteiger partial charge is 0.321 e. The predicted molar refractivity (Wildman–Crippen MR) is 229 cm³/mol. The Hall–Kier alpha value is -7.28. The third-order valence-corrected chi connectivity index (χ3v) is 10.7. The van der Waals surface area contributed by atoms with Crippen LogP contribution in [0.5, 0.6) is 0 Å². The Morgan fingerprint density at radius 3 is 2.15 bits per heavy atom. The van der Waals surface area contributed by atoms with E-state index in [-0.39, 0.29) is 37.7 Å². The van der Waals surface area contributed by atoms with E-state index in [0.717, 1.165) is 16.7 Å². The molecule has 5 aromatic rings. The predicted octanol–water partition coefficient (Wildman–Crippen LogP) is 7.59. The fourth-order valence-electron chi connectivity index (χ4n) is 7.35. The van der Waals surface area contributed by atoms with E-state index >= 15 is 0 Å². The summed E-state index contributed by atoms with van der Waals surface area (Å²) in [7, 11) is 0. The number of amides is 1. The molecule has 314 valence electrons. The summed E-state index contributed by atoms with van der Waals surface area (Å²) in [6.07, 6.45) is 7.02. The molecule has 2 aliphatic rings. The van der Waals surface area contributed by atoms with Crippen molar-refractivity contribution in [2.75, 3.05) is 4.90 Å². The first kappa shape index (κ1) is 42.8. The lowest BCUT2D eigenvalue weighted by atomic mass is 9.75. The highest BCUT2D eigenvalue weighted by Gasteiger charge is 2.50. The quantitative estimate of drug-likeness (QED) is 0.0472. The van der Waals surface area contributed by atoms with Gasteiger partial charge in [-0.15, -0.1) is 5.92 Å². The zero-order valence-corrected chi connectivity index (χ0v) is 33.8. The number of halogens is 1. The van der Waals surface area contributed by atoms with Crippen molar-refractivity contribution in [3.63, 3.8) is 0 Å². The molecule has 0 spiro atoms. The molecule has 1 fully saturated rings. The number of aromatic nitrogens is 3. The maximum atomic E-state index is 13.9. The molecule has 4 aromatic carbocycles. The molecule has 1 unspecified atom stereocenters. The highest BCUT2D eigenvalue weighted by molar-refractivity contribution is 6.04. The number of β-lactam (4-membered cyclic amide) rings is 1. The van der Waals surface area contributed by atoms with Crippen LogP contribution < -0.4 is 4.90 Å². The van der Waals surface area contributed by atoms with Crippen LogP contribution in [0, 0.1) is 47.3 Å². The van der Waals surface area contributed by atoms with Gasteiger partial charge in [0.25, 0.3) is 0 Å². The first-order chi connectivity index (χ1) is 30.2. The molecule has 12 heteroatoms. The average molecular weight is 833 g/mol. The van der Waals surface area contributed by atoms with Crippen LogP contribution in [-0.2, 0) is 43.6 Å². The van der Waals surface area contributed by atoms with Crippen molar-refractivity contribution in [1.29, 1.82) is 0 Å². The molecule has 4 atom stereocenters. The maximum absolute atomic E-state index is 13.9. The number of carbonyl (C=O) groups excluding carboxylic acids is 3. The molecular weight excluding hydrogens is 788 g/mol. The molecule has 1 aromatic heterocycles. The molecule has 62 heavy (non-hydrogen) atoms. The number of aryl methyl sites for hydroxylation is 1. The van der Waals surface area contributed by atoms with E-state index in [9.17, 15) is 29.0 Å². The Morgan fingerprint density at radius 1 is 0.871 bits per heavy atom. The number of ether oxygens (including phenoxy) is 2. The summed E-state index contributed by atoms with van der Waals surface area (Å²) in [5.74, 6) is 7.91. The number of carbonyl (C=O) groups is 3. The zero-order chi connectivity index (χ0) is 43.3. The molecule has 1 aliphatic carbocycles. The summed E-state index contributed by atoms with van der Waals surface area (Å²) in [6, 6.07) is 30.7. The zero-order valence-electron chi connectivity index (χ0n) is 33.8. The van der Waals surface area contributed by atoms with Crippen molar-refractivity contribution in [2.45, 2.75) is 64.0 Å². The molecule has 7 rings (SSSR count). The second-order valence-electron chi connectivity index (χ2n) is 15.0. The van der Waals surface area contributed by atoms with E-state index in [4.69, 9.17) is 9.47 Å². The van der Waals surface area contributed by atoms with Crippen LogP contribution in [0.3, 0.4) is 0 Å². The van der Waals surface area contributed by atoms with Gasteiger partial charge in [0, 0.05) is 35.6 Å². The van der Waals surface area contributed by atoms with Gasteiger partial charge in [0.15, 0.2) is 5.92 Å². The number of aliphatic hydroxyl groups is 2. The third-order valence-electron chi connectivity index (χ3n) is 10.7. The molecule has 0 radical (unpaired) electrons. The second-order valence-corrected chi connectivity index (χ2v) is 15.0. The molecule has 1 aliphatic heterocycles. The Balaban J connectivity index is 1.05. The third kappa shape index (κ3) is 11.1. The number of benzene rings is 4. The van der Waals surface area contributed by atoms with Gasteiger partial charge in [-0.1, -0.05) is 96.6 Å². The Bertz CT molecular complexity index is 2450.